The number of para-hydroxylation sites is 1. The van der Waals surface area contributed by atoms with Gasteiger partial charge in [0.05, 0.1) is 29.8 Å². The van der Waals surface area contributed by atoms with Crippen LogP contribution in [-0.4, -0.2) is 34.6 Å². The highest BCUT2D eigenvalue weighted by Gasteiger charge is 2.12. The monoisotopic (exact) mass is 342 g/mol. The maximum absolute atomic E-state index is 12.3. The molecule has 25 heavy (non-hydrogen) atoms. The topological polar surface area (TPSA) is 114 Å². The highest BCUT2D eigenvalue weighted by Crippen LogP contribution is 2.08. The van der Waals surface area contributed by atoms with Crippen molar-refractivity contribution in [3.05, 3.63) is 40.4 Å². The Bertz CT molecular complexity index is 882. The van der Waals surface area contributed by atoms with Crippen molar-refractivity contribution in [1.82, 2.24) is 14.9 Å². The van der Waals surface area contributed by atoms with E-state index in [0.29, 0.717) is 16.7 Å². The maximum atomic E-state index is 12.3. The summed E-state index contributed by atoms with van der Waals surface area (Å²) < 4.78 is 6.27. The summed E-state index contributed by atoms with van der Waals surface area (Å²) in [7, 11) is 1.60. The highest BCUT2D eigenvalue weighted by atomic mass is 16.5. The first-order chi connectivity index (χ1) is 12.0. The molecule has 8 heteroatoms. The van der Waals surface area contributed by atoms with Crippen molar-refractivity contribution >= 4 is 22.8 Å². The lowest BCUT2D eigenvalue weighted by atomic mass is 10.2. The van der Waals surface area contributed by atoms with Gasteiger partial charge >= 0.3 is 5.97 Å². The standard InChI is InChI=1S/C17H18N4O4/c1-21-14(20-13-6-3-2-5-12(13)17(21)24)7-8-16(23)25-11-15(22)19-10-4-9-18/h2-3,5-6H,4,7-8,10-11H2,1H3,(H,19,22). The predicted molar refractivity (Wildman–Crippen MR) is 89.5 cm³/mol. The molecule has 0 bridgehead atoms. The first-order valence-electron chi connectivity index (χ1n) is 7.77. The Morgan fingerprint density at radius 1 is 1.36 bits per heavy atom. The Morgan fingerprint density at radius 2 is 2.12 bits per heavy atom. The van der Waals surface area contributed by atoms with E-state index in [2.05, 4.69) is 10.3 Å². The van der Waals surface area contributed by atoms with Crippen molar-refractivity contribution < 1.29 is 14.3 Å². The molecule has 0 atom stereocenters. The number of nitrogens with one attached hydrogen (secondary N) is 1. The maximum Gasteiger partial charge on any atom is 0.306 e. The van der Waals surface area contributed by atoms with Gasteiger partial charge in [-0.05, 0) is 12.1 Å². The van der Waals surface area contributed by atoms with Crippen LogP contribution in [0.3, 0.4) is 0 Å². The number of hydrogen-bond acceptors (Lipinski definition) is 6. The Kier molecular flexibility index (Phi) is 6.23. The van der Waals surface area contributed by atoms with Crippen LogP contribution >= 0.6 is 0 Å². The quantitative estimate of drug-likeness (QED) is 0.577. The molecule has 130 valence electrons. The van der Waals surface area contributed by atoms with Crippen molar-refractivity contribution in [2.75, 3.05) is 13.2 Å². The van der Waals surface area contributed by atoms with Crippen LogP contribution in [0.1, 0.15) is 18.7 Å². The predicted octanol–water partition coefficient (Wildman–Crippen LogP) is 0.439. The molecule has 0 aliphatic rings. The fourth-order valence-electron chi connectivity index (χ4n) is 2.23. The molecule has 0 saturated carbocycles. The van der Waals surface area contributed by atoms with E-state index in [1.807, 2.05) is 6.07 Å². The third kappa shape index (κ3) is 4.88. The molecule has 1 heterocycles. The molecular formula is C17H18N4O4. The number of hydrogen-bond donors (Lipinski definition) is 1. The minimum atomic E-state index is -0.558. The summed E-state index contributed by atoms with van der Waals surface area (Å²) >= 11 is 0. The van der Waals surface area contributed by atoms with Gasteiger partial charge in [-0.1, -0.05) is 12.1 Å². The Morgan fingerprint density at radius 3 is 2.88 bits per heavy atom. The SMILES string of the molecule is Cn1c(CCC(=O)OCC(=O)NCCC#N)nc2ccccc2c1=O. The fraction of sp³-hybridized carbons (Fsp3) is 0.353. The molecule has 2 aromatic rings. The fourth-order valence-corrected chi connectivity index (χ4v) is 2.23. The van der Waals surface area contributed by atoms with Crippen molar-refractivity contribution in [2.45, 2.75) is 19.3 Å². The zero-order valence-electron chi connectivity index (χ0n) is 13.8. The average molecular weight is 342 g/mol. The van der Waals surface area contributed by atoms with E-state index in [-0.39, 0.29) is 31.4 Å². The number of amides is 1. The molecule has 0 aliphatic heterocycles. The van der Waals surface area contributed by atoms with E-state index in [0.717, 1.165) is 0 Å². The third-order valence-electron chi connectivity index (χ3n) is 3.55. The van der Waals surface area contributed by atoms with E-state index in [9.17, 15) is 14.4 Å². The second kappa shape index (κ2) is 8.59. The molecule has 0 radical (unpaired) electrons. The lowest BCUT2D eigenvalue weighted by Crippen LogP contribution is -2.29. The number of carbonyl (C=O) groups is 2. The van der Waals surface area contributed by atoms with Crippen molar-refractivity contribution in [3.63, 3.8) is 0 Å². The molecule has 2 rings (SSSR count). The lowest BCUT2D eigenvalue weighted by Gasteiger charge is -2.09. The van der Waals surface area contributed by atoms with Crippen LogP contribution in [0.5, 0.6) is 0 Å². The van der Waals surface area contributed by atoms with Gasteiger partial charge in [0.1, 0.15) is 5.82 Å². The van der Waals surface area contributed by atoms with Crippen LogP contribution in [-0.2, 0) is 27.8 Å². The number of esters is 1. The van der Waals surface area contributed by atoms with Gasteiger partial charge in [0.15, 0.2) is 6.61 Å². The van der Waals surface area contributed by atoms with Gasteiger partial charge < -0.3 is 10.1 Å². The Hall–Kier alpha value is -3.21. The number of fused-ring (bicyclic) bond motifs is 1. The number of aryl methyl sites for hydroxylation is 1. The van der Waals surface area contributed by atoms with Crippen molar-refractivity contribution in [1.29, 1.82) is 5.26 Å². The van der Waals surface area contributed by atoms with Gasteiger partial charge in [0, 0.05) is 20.0 Å². The number of ether oxygens (including phenoxy) is 1. The van der Waals surface area contributed by atoms with E-state index in [1.165, 1.54) is 4.57 Å². The summed E-state index contributed by atoms with van der Waals surface area (Å²) in [6.07, 6.45) is 0.427. The second-order valence-corrected chi connectivity index (χ2v) is 5.33. The average Bonchev–Trinajstić information content (AvgIpc) is 2.62. The molecule has 0 saturated heterocycles. The van der Waals surface area contributed by atoms with Crippen LogP contribution in [0.15, 0.2) is 29.1 Å². The molecule has 1 aromatic carbocycles. The molecule has 1 N–H and O–H groups in total. The van der Waals surface area contributed by atoms with Crippen LogP contribution in [0.2, 0.25) is 0 Å². The number of rotatable bonds is 7. The minimum absolute atomic E-state index is 0.00406. The molecule has 1 amide bonds. The van der Waals surface area contributed by atoms with Crippen LogP contribution in [0.25, 0.3) is 10.9 Å². The lowest BCUT2D eigenvalue weighted by molar-refractivity contribution is -0.148. The molecule has 0 aliphatic carbocycles. The van der Waals surface area contributed by atoms with Gasteiger partial charge in [-0.15, -0.1) is 0 Å². The minimum Gasteiger partial charge on any atom is -0.456 e. The van der Waals surface area contributed by atoms with Crippen molar-refractivity contribution in [2.24, 2.45) is 7.05 Å². The van der Waals surface area contributed by atoms with Gasteiger partial charge in [-0.3, -0.25) is 19.0 Å². The number of benzene rings is 1. The van der Waals surface area contributed by atoms with E-state index < -0.39 is 18.5 Å². The van der Waals surface area contributed by atoms with E-state index in [4.69, 9.17) is 10.00 Å². The van der Waals surface area contributed by atoms with Crippen LogP contribution in [0.4, 0.5) is 0 Å². The number of nitriles is 1. The number of carbonyl (C=O) groups excluding carboxylic acids is 2. The molecule has 0 spiro atoms. The molecule has 8 nitrogen and oxygen atoms in total. The molecule has 0 unspecified atom stereocenters. The molecular weight excluding hydrogens is 324 g/mol. The molecule has 1 aromatic heterocycles. The van der Waals surface area contributed by atoms with Crippen LogP contribution < -0.4 is 10.9 Å². The van der Waals surface area contributed by atoms with Crippen molar-refractivity contribution in [3.8, 4) is 6.07 Å². The second-order valence-electron chi connectivity index (χ2n) is 5.33. The first kappa shape index (κ1) is 18.1. The summed E-state index contributed by atoms with van der Waals surface area (Å²) in [5.41, 5.74) is 0.400. The summed E-state index contributed by atoms with van der Waals surface area (Å²) in [6, 6.07) is 8.89. The summed E-state index contributed by atoms with van der Waals surface area (Å²) in [5, 5.41) is 11.3. The summed E-state index contributed by atoms with van der Waals surface area (Å²) in [4.78, 5) is 39.8. The zero-order chi connectivity index (χ0) is 18.2. The smallest absolute Gasteiger partial charge is 0.306 e. The Balaban J connectivity index is 1.91. The van der Waals surface area contributed by atoms with Gasteiger partial charge in [0.25, 0.3) is 11.5 Å². The number of nitrogens with zero attached hydrogens (tertiary/aromatic N) is 3. The van der Waals surface area contributed by atoms with Gasteiger partial charge in [-0.2, -0.15) is 5.26 Å². The Labute approximate surface area is 144 Å². The third-order valence-corrected chi connectivity index (χ3v) is 3.55. The summed E-state index contributed by atoms with van der Waals surface area (Å²) in [5.74, 6) is -0.545. The van der Waals surface area contributed by atoms with Gasteiger partial charge in [0.2, 0.25) is 0 Å². The van der Waals surface area contributed by atoms with Gasteiger partial charge in [-0.25, -0.2) is 4.98 Å². The summed E-state index contributed by atoms with van der Waals surface area (Å²) in [6.45, 7) is -0.176. The van der Waals surface area contributed by atoms with E-state index in [1.54, 1.807) is 31.3 Å². The highest BCUT2D eigenvalue weighted by molar-refractivity contribution is 5.80. The van der Waals surface area contributed by atoms with E-state index >= 15 is 0 Å². The normalized spacial score (nSPS) is 10.2. The van der Waals surface area contributed by atoms with Crippen LogP contribution in [0, 0.1) is 11.3 Å². The zero-order valence-corrected chi connectivity index (χ0v) is 13.8. The first-order valence-corrected chi connectivity index (χ1v) is 7.77. The molecule has 0 fully saturated rings. The number of aromatic nitrogens is 2. The largest absolute Gasteiger partial charge is 0.456 e.